The standard InChI is InChI=1S/C17H23N3O2S/c1-2-3-9-15(21)19-17(23)18-14-8-6-7-13(12-14)16(22)20-10-4-5-11-20/h6-8,12H,2-5,9-11H2,1H3,(H2,18,19,21,23). The molecule has 0 saturated carbocycles. The molecule has 2 rings (SSSR count). The van der Waals surface area contributed by atoms with Crippen molar-refractivity contribution in [2.75, 3.05) is 18.4 Å². The van der Waals surface area contributed by atoms with E-state index in [1.807, 2.05) is 24.0 Å². The third kappa shape index (κ3) is 5.32. The minimum Gasteiger partial charge on any atom is -0.339 e. The van der Waals surface area contributed by atoms with Crippen molar-refractivity contribution in [1.29, 1.82) is 0 Å². The molecule has 1 aliphatic heterocycles. The highest BCUT2D eigenvalue weighted by atomic mass is 32.1. The number of nitrogens with zero attached hydrogens (tertiary/aromatic N) is 1. The van der Waals surface area contributed by atoms with Crippen LogP contribution in [0.2, 0.25) is 0 Å². The Labute approximate surface area is 142 Å². The second-order valence-electron chi connectivity index (χ2n) is 5.69. The third-order valence-corrected chi connectivity index (χ3v) is 3.98. The summed E-state index contributed by atoms with van der Waals surface area (Å²) in [5.74, 6) is -0.0438. The van der Waals surface area contributed by atoms with Crippen LogP contribution in [-0.2, 0) is 4.79 Å². The van der Waals surface area contributed by atoms with Gasteiger partial charge in [0, 0.05) is 30.8 Å². The first-order valence-electron chi connectivity index (χ1n) is 8.10. The van der Waals surface area contributed by atoms with Crippen molar-refractivity contribution in [3.05, 3.63) is 29.8 Å². The van der Waals surface area contributed by atoms with E-state index in [-0.39, 0.29) is 16.9 Å². The van der Waals surface area contributed by atoms with Crippen molar-refractivity contribution in [3.63, 3.8) is 0 Å². The number of benzene rings is 1. The van der Waals surface area contributed by atoms with Crippen molar-refractivity contribution in [3.8, 4) is 0 Å². The predicted octanol–water partition coefficient (Wildman–Crippen LogP) is 2.93. The van der Waals surface area contributed by atoms with Gasteiger partial charge in [-0.15, -0.1) is 0 Å². The van der Waals surface area contributed by atoms with Crippen LogP contribution < -0.4 is 10.6 Å². The van der Waals surface area contributed by atoms with Crippen LogP contribution in [0, 0.1) is 0 Å². The zero-order chi connectivity index (χ0) is 16.7. The van der Waals surface area contributed by atoms with Crippen molar-refractivity contribution in [2.24, 2.45) is 0 Å². The molecule has 1 aromatic carbocycles. The maximum absolute atomic E-state index is 12.4. The van der Waals surface area contributed by atoms with E-state index in [9.17, 15) is 9.59 Å². The molecular weight excluding hydrogens is 310 g/mol. The first-order chi connectivity index (χ1) is 11.1. The van der Waals surface area contributed by atoms with Crippen LogP contribution in [0.25, 0.3) is 0 Å². The number of unbranched alkanes of at least 4 members (excludes halogenated alkanes) is 1. The fraction of sp³-hybridized carbons (Fsp3) is 0.471. The fourth-order valence-corrected chi connectivity index (χ4v) is 2.75. The molecule has 1 heterocycles. The van der Waals surface area contributed by atoms with Crippen LogP contribution in [0.4, 0.5) is 5.69 Å². The van der Waals surface area contributed by atoms with Gasteiger partial charge in [0.1, 0.15) is 0 Å². The van der Waals surface area contributed by atoms with Crippen molar-refractivity contribution < 1.29 is 9.59 Å². The normalized spacial score (nSPS) is 13.7. The monoisotopic (exact) mass is 333 g/mol. The highest BCUT2D eigenvalue weighted by molar-refractivity contribution is 7.80. The quantitative estimate of drug-likeness (QED) is 0.814. The number of carbonyl (C=O) groups excluding carboxylic acids is 2. The Morgan fingerprint density at radius 3 is 2.70 bits per heavy atom. The molecule has 1 aromatic rings. The molecule has 5 nitrogen and oxygen atoms in total. The van der Waals surface area contributed by atoms with E-state index in [2.05, 4.69) is 10.6 Å². The molecular formula is C17H23N3O2S. The summed E-state index contributed by atoms with van der Waals surface area (Å²) in [7, 11) is 0. The van der Waals surface area contributed by atoms with Gasteiger partial charge in [0.15, 0.2) is 5.11 Å². The molecule has 1 aliphatic rings. The summed E-state index contributed by atoms with van der Waals surface area (Å²) in [6.45, 7) is 3.68. The molecule has 0 spiro atoms. The van der Waals surface area contributed by atoms with E-state index in [4.69, 9.17) is 12.2 Å². The molecule has 6 heteroatoms. The van der Waals surface area contributed by atoms with Gasteiger partial charge in [-0.1, -0.05) is 19.4 Å². The first kappa shape index (κ1) is 17.4. The van der Waals surface area contributed by atoms with Crippen molar-refractivity contribution in [1.82, 2.24) is 10.2 Å². The maximum atomic E-state index is 12.4. The number of carbonyl (C=O) groups is 2. The summed E-state index contributed by atoms with van der Waals surface area (Å²) in [6, 6.07) is 7.21. The summed E-state index contributed by atoms with van der Waals surface area (Å²) >= 11 is 5.14. The zero-order valence-electron chi connectivity index (χ0n) is 13.4. The fourth-order valence-electron chi connectivity index (χ4n) is 2.52. The molecule has 0 radical (unpaired) electrons. The lowest BCUT2D eigenvalue weighted by atomic mass is 10.2. The van der Waals surface area contributed by atoms with E-state index >= 15 is 0 Å². The molecule has 0 atom stereocenters. The lowest BCUT2D eigenvalue weighted by molar-refractivity contribution is -0.119. The lowest BCUT2D eigenvalue weighted by Crippen LogP contribution is -2.34. The average molecular weight is 333 g/mol. The summed E-state index contributed by atoms with van der Waals surface area (Å²) in [6.07, 6.45) is 4.41. The van der Waals surface area contributed by atoms with Gasteiger partial charge < -0.3 is 15.5 Å². The second kappa shape index (κ2) is 8.62. The molecule has 0 aliphatic carbocycles. The predicted molar refractivity (Wildman–Crippen MR) is 95.5 cm³/mol. The number of anilines is 1. The van der Waals surface area contributed by atoms with Crippen LogP contribution in [0.3, 0.4) is 0 Å². The van der Waals surface area contributed by atoms with Crippen LogP contribution in [0.15, 0.2) is 24.3 Å². The molecule has 1 saturated heterocycles. The smallest absolute Gasteiger partial charge is 0.253 e. The Balaban J connectivity index is 1.92. The maximum Gasteiger partial charge on any atom is 0.253 e. The number of likely N-dealkylation sites (tertiary alicyclic amines) is 1. The summed E-state index contributed by atoms with van der Waals surface area (Å²) in [5, 5.41) is 5.88. The number of hydrogen-bond acceptors (Lipinski definition) is 3. The Morgan fingerprint density at radius 2 is 2.00 bits per heavy atom. The largest absolute Gasteiger partial charge is 0.339 e. The van der Waals surface area contributed by atoms with Gasteiger partial charge in [0.25, 0.3) is 5.91 Å². The molecule has 2 N–H and O–H groups in total. The van der Waals surface area contributed by atoms with Crippen LogP contribution in [0.1, 0.15) is 49.4 Å². The molecule has 0 unspecified atom stereocenters. The molecule has 0 aromatic heterocycles. The summed E-state index contributed by atoms with van der Waals surface area (Å²) in [4.78, 5) is 25.9. The summed E-state index contributed by atoms with van der Waals surface area (Å²) in [5.41, 5.74) is 1.34. The van der Waals surface area contributed by atoms with Gasteiger partial charge in [-0.3, -0.25) is 9.59 Å². The SMILES string of the molecule is CCCCC(=O)NC(=S)Nc1cccc(C(=O)N2CCCC2)c1. The van der Waals surface area contributed by atoms with Gasteiger partial charge in [-0.2, -0.15) is 0 Å². The van der Waals surface area contributed by atoms with Gasteiger partial charge in [-0.05, 0) is 49.7 Å². The van der Waals surface area contributed by atoms with Crippen LogP contribution >= 0.6 is 12.2 Å². The van der Waals surface area contributed by atoms with Gasteiger partial charge in [-0.25, -0.2) is 0 Å². The molecule has 23 heavy (non-hydrogen) atoms. The van der Waals surface area contributed by atoms with E-state index in [1.165, 1.54) is 0 Å². The highest BCUT2D eigenvalue weighted by Gasteiger charge is 2.19. The third-order valence-electron chi connectivity index (χ3n) is 3.77. The molecule has 124 valence electrons. The summed E-state index contributed by atoms with van der Waals surface area (Å²) < 4.78 is 0. The minimum absolute atomic E-state index is 0.0454. The minimum atomic E-state index is -0.0892. The van der Waals surface area contributed by atoms with E-state index in [0.717, 1.165) is 38.8 Å². The van der Waals surface area contributed by atoms with Crippen LogP contribution in [-0.4, -0.2) is 34.9 Å². The number of thiocarbonyl (C=S) groups is 1. The lowest BCUT2D eigenvalue weighted by Gasteiger charge is -2.16. The molecule has 2 amide bonds. The topological polar surface area (TPSA) is 61.4 Å². The highest BCUT2D eigenvalue weighted by Crippen LogP contribution is 2.16. The number of nitrogens with one attached hydrogen (secondary N) is 2. The first-order valence-corrected chi connectivity index (χ1v) is 8.51. The Kier molecular flexibility index (Phi) is 6.52. The van der Waals surface area contributed by atoms with E-state index in [0.29, 0.717) is 17.7 Å². The van der Waals surface area contributed by atoms with Crippen molar-refractivity contribution >= 4 is 34.8 Å². The van der Waals surface area contributed by atoms with E-state index in [1.54, 1.807) is 12.1 Å². The van der Waals surface area contributed by atoms with E-state index < -0.39 is 0 Å². The van der Waals surface area contributed by atoms with Crippen molar-refractivity contribution in [2.45, 2.75) is 39.0 Å². The number of rotatable bonds is 5. The van der Waals surface area contributed by atoms with Gasteiger partial charge in [0.2, 0.25) is 5.91 Å². The molecule has 1 fully saturated rings. The second-order valence-corrected chi connectivity index (χ2v) is 6.09. The Morgan fingerprint density at radius 1 is 1.26 bits per heavy atom. The van der Waals surface area contributed by atoms with Gasteiger partial charge in [0.05, 0.1) is 0 Å². The Bertz CT molecular complexity index is 583. The Hall–Kier alpha value is -1.95. The van der Waals surface area contributed by atoms with Crippen LogP contribution in [0.5, 0.6) is 0 Å². The number of hydrogen-bond donors (Lipinski definition) is 2. The average Bonchev–Trinajstić information content (AvgIpc) is 3.06. The number of amides is 2. The van der Waals surface area contributed by atoms with Gasteiger partial charge >= 0.3 is 0 Å². The molecule has 0 bridgehead atoms. The zero-order valence-corrected chi connectivity index (χ0v) is 14.2.